The van der Waals surface area contributed by atoms with Crippen molar-refractivity contribution in [3.05, 3.63) is 84.1 Å². The summed E-state index contributed by atoms with van der Waals surface area (Å²) in [6.45, 7) is 3.49. The molecule has 4 aromatic heterocycles. The molecule has 1 aromatic carbocycles. The van der Waals surface area contributed by atoms with Crippen molar-refractivity contribution in [3.63, 3.8) is 0 Å². The number of carbonyl (C=O) groups is 2. The number of rotatable bonds is 5. The van der Waals surface area contributed by atoms with Crippen LogP contribution in [0.5, 0.6) is 0 Å². The second-order valence-corrected chi connectivity index (χ2v) is 11.0. The Bertz CT molecular complexity index is 1860. The minimum absolute atomic E-state index is 0.113. The lowest BCUT2D eigenvalue weighted by Crippen LogP contribution is -2.48. The molecule has 0 saturated heterocycles. The number of aromatic nitrogens is 6. The number of amides is 2. The van der Waals surface area contributed by atoms with Gasteiger partial charge in [0.2, 0.25) is 11.9 Å². The molecule has 12 heteroatoms. The summed E-state index contributed by atoms with van der Waals surface area (Å²) < 4.78 is 30.9. The molecule has 0 radical (unpaired) electrons. The molecule has 0 unspecified atom stereocenters. The maximum Gasteiger partial charge on any atom is 0.257 e. The predicted molar refractivity (Wildman–Crippen MR) is 149 cm³/mol. The van der Waals surface area contributed by atoms with Gasteiger partial charge in [-0.1, -0.05) is 13.3 Å². The first-order chi connectivity index (χ1) is 20.3. The van der Waals surface area contributed by atoms with Gasteiger partial charge in [0.25, 0.3) is 5.91 Å². The normalized spacial score (nSPS) is 15.7. The van der Waals surface area contributed by atoms with Crippen LogP contribution >= 0.6 is 0 Å². The van der Waals surface area contributed by atoms with Crippen LogP contribution in [-0.2, 0) is 17.9 Å². The van der Waals surface area contributed by atoms with Gasteiger partial charge in [0.1, 0.15) is 17.3 Å². The highest BCUT2D eigenvalue weighted by Crippen LogP contribution is 2.43. The molecule has 7 rings (SSSR count). The number of anilines is 1. The van der Waals surface area contributed by atoms with Crippen molar-refractivity contribution in [2.45, 2.75) is 39.3 Å². The van der Waals surface area contributed by atoms with E-state index in [1.807, 2.05) is 17.9 Å². The summed E-state index contributed by atoms with van der Waals surface area (Å²) >= 11 is 0. The van der Waals surface area contributed by atoms with E-state index in [1.54, 1.807) is 28.9 Å². The maximum atomic E-state index is 13.8. The number of imidazole rings is 2. The van der Waals surface area contributed by atoms with Gasteiger partial charge in [-0.25, -0.2) is 23.9 Å². The lowest BCUT2D eigenvalue weighted by molar-refractivity contribution is -0.147. The van der Waals surface area contributed by atoms with Gasteiger partial charge in [-0.05, 0) is 55.3 Å². The first-order valence-corrected chi connectivity index (χ1v) is 13.7. The van der Waals surface area contributed by atoms with Gasteiger partial charge in [0.15, 0.2) is 11.5 Å². The van der Waals surface area contributed by atoms with Crippen LogP contribution in [0, 0.1) is 17.2 Å². The third kappa shape index (κ3) is 4.48. The summed E-state index contributed by atoms with van der Waals surface area (Å²) in [5.74, 6) is -0.494. The largest absolute Gasteiger partial charge is 0.333 e. The summed E-state index contributed by atoms with van der Waals surface area (Å²) in [7, 11) is 0. The minimum atomic E-state index is -0.755. The molecular weight excluding hydrogens is 542 g/mol. The van der Waals surface area contributed by atoms with E-state index in [0.717, 1.165) is 42.4 Å². The molecule has 0 atom stereocenters. The molecule has 10 nitrogen and oxygen atoms in total. The van der Waals surface area contributed by atoms with Crippen molar-refractivity contribution in [3.8, 4) is 22.6 Å². The molecular formula is C30H26F2N8O2. The van der Waals surface area contributed by atoms with Crippen molar-refractivity contribution in [2.75, 3.05) is 11.9 Å². The highest BCUT2D eigenvalue weighted by molar-refractivity contribution is 6.03. The lowest BCUT2D eigenvalue weighted by Gasteiger charge is -2.42. The molecule has 212 valence electrons. The van der Waals surface area contributed by atoms with Crippen molar-refractivity contribution in [1.29, 1.82) is 0 Å². The Morgan fingerprint density at radius 2 is 1.81 bits per heavy atom. The highest BCUT2D eigenvalue weighted by atomic mass is 19.1. The van der Waals surface area contributed by atoms with E-state index in [1.165, 1.54) is 24.4 Å². The molecule has 0 bridgehead atoms. The standard InChI is InChI=1S/C30H26F2N8O2/c1-30(10-2-11-30)29(42)38-13-14-39-25(17-38)36-26(18-3-5-20(31)6-4-18)27(39)21-7-8-24-34-23(16-40(24)37-21)35-28(41)19-9-12-33-22(32)15-19/h3-9,12,15-16H,2,10-11,13-14,17H2,1H3,(H,35,41). The second kappa shape index (κ2) is 9.82. The van der Waals surface area contributed by atoms with E-state index < -0.39 is 11.9 Å². The number of benzene rings is 1. The fraction of sp³-hybridized carbons (Fsp3) is 0.267. The maximum absolute atomic E-state index is 13.8. The minimum Gasteiger partial charge on any atom is -0.333 e. The molecule has 1 fully saturated rings. The van der Waals surface area contributed by atoms with Gasteiger partial charge in [-0.15, -0.1) is 0 Å². The monoisotopic (exact) mass is 568 g/mol. The number of fused-ring (bicyclic) bond motifs is 2. The Morgan fingerprint density at radius 1 is 1.00 bits per heavy atom. The van der Waals surface area contributed by atoms with Crippen molar-refractivity contribution in [2.24, 2.45) is 5.41 Å². The number of nitrogens with zero attached hydrogens (tertiary/aromatic N) is 7. The highest BCUT2D eigenvalue weighted by Gasteiger charge is 2.43. The van der Waals surface area contributed by atoms with Crippen molar-refractivity contribution in [1.82, 2.24) is 34.0 Å². The quantitative estimate of drug-likeness (QED) is 0.308. The molecule has 0 spiro atoms. The molecule has 2 amide bonds. The van der Waals surface area contributed by atoms with Crippen LogP contribution in [0.25, 0.3) is 28.3 Å². The van der Waals surface area contributed by atoms with Crippen LogP contribution in [0.2, 0.25) is 0 Å². The third-order valence-corrected chi connectivity index (χ3v) is 8.14. The molecule has 2 aliphatic rings. The van der Waals surface area contributed by atoms with Crippen LogP contribution in [0.1, 0.15) is 42.4 Å². The van der Waals surface area contributed by atoms with Crippen molar-refractivity contribution < 1.29 is 18.4 Å². The SMILES string of the molecule is CC1(C(=O)N2CCn3c(nc(-c4ccc(F)cc4)c3-c3ccc4nc(NC(=O)c5ccnc(F)c5)cn4n3)C2)CCC1. The molecule has 1 saturated carbocycles. The number of carbonyl (C=O) groups excluding carboxylic acids is 2. The lowest BCUT2D eigenvalue weighted by atomic mass is 9.69. The molecule has 5 aromatic rings. The predicted octanol–water partition coefficient (Wildman–Crippen LogP) is 4.72. The first-order valence-electron chi connectivity index (χ1n) is 13.7. The number of hydrogen-bond acceptors (Lipinski definition) is 6. The zero-order valence-corrected chi connectivity index (χ0v) is 22.7. The molecule has 5 heterocycles. The van der Waals surface area contributed by atoms with Gasteiger partial charge in [-0.2, -0.15) is 9.49 Å². The van der Waals surface area contributed by atoms with Gasteiger partial charge >= 0.3 is 0 Å². The molecule has 1 aliphatic heterocycles. The third-order valence-electron chi connectivity index (χ3n) is 8.14. The van der Waals surface area contributed by atoms with Crippen LogP contribution in [0.15, 0.2) is 60.9 Å². The van der Waals surface area contributed by atoms with Gasteiger partial charge < -0.3 is 14.8 Å². The van der Waals surface area contributed by atoms with E-state index in [9.17, 15) is 18.4 Å². The average molecular weight is 569 g/mol. The summed E-state index contributed by atoms with van der Waals surface area (Å²) in [5.41, 5.74) is 3.00. The summed E-state index contributed by atoms with van der Waals surface area (Å²) in [4.78, 5) is 40.6. The van der Waals surface area contributed by atoms with Crippen LogP contribution in [0.4, 0.5) is 14.6 Å². The number of halogens is 2. The van der Waals surface area contributed by atoms with Gasteiger partial charge in [0.05, 0.1) is 24.1 Å². The summed E-state index contributed by atoms with van der Waals surface area (Å²) in [6, 6.07) is 12.2. The average Bonchev–Trinajstić information content (AvgIpc) is 3.55. The van der Waals surface area contributed by atoms with E-state index >= 15 is 0 Å². The summed E-state index contributed by atoms with van der Waals surface area (Å²) in [6.07, 6.45) is 5.66. The number of hydrogen-bond donors (Lipinski definition) is 1. The van der Waals surface area contributed by atoms with E-state index in [2.05, 4.69) is 19.9 Å². The Morgan fingerprint density at radius 3 is 2.55 bits per heavy atom. The Labute approximate surface area is 239 Å². The van der Waals surface area contributed by atoms with E-state index in [-0.39, 0.29) is 28.5 Å². The van der Waals surface area contributed by atoms with E-state index in [0.29, 0.717) is 36.7 Å². The smallest absolute Gasteiger partial charge is 0.257 e. The fourth-order valence-corrected chi connectivity index (χ4v) is 5.68. The Hall–Kier alpha value is -5.00. The Kier molecular flexibility index (Phi) is 6.07. The zero-order chi connectivity index (χ0) is 29.0. The molecule has 1 aliphatic carbocycles. The Balaban J connectivity index is 1.25. The molecule has 42 heavy (non-hydrogen) atoms. The summed E-state index contributed by atoms with van der Waals surface area (Å²) in [5, 5.41) is 7.44. The van der Waals surface area contributed by atoms with Gasteiger partial charge in [-0.3, -0.25) is 9.59 Å². The molecule has 1 N–H and O–H groups in total. The fourth-order valence-electron chi connectivity index (χ4n) is 5.68. The van der Waals surface area contributed by atoms with E-state index in [4.69, 9.17) is 10.1 Å². The van der Waals surface area contributed by atoms with Gasteiger partial charge in [0, 0.05) is 41.9 Å². The zero-order valence-electron chi connectivity index (χ0n) is 22.7. The first kappa shape index (κ1) is 25.9. The second-order valence-electron chi connectivity index (χ2n) is 11.0. The van der Waals surface area contributed by atoms with Crippen LogP contribution in [-0.4, -0.2) is 52.4 Å². The number of pyridine rings is 1. The van der Waals surface area contributed by atoms with Crippen molar-refractivity contribution >= 4 is 23.3 Å². The number of nitrogens with one attached hydrogen (secondary N) is 1. The topological polar surface area (TPSA) is 110 Å². The van der Waals surface area contributed by atoms with Crippen LogP contribution < -0.4 is 5.32 Å². The van der Waals surface area contributed by atoms with Crippen LogP contribution in [0.3, 0.4) is 0 Å².